The maximum Gasteiger partial charge on any atom is 0.348 e. The number of anilines is 1. The summed E-state index contributed by atoms with van der Waals surface area (Å²) >= 11 is 0. The second-order valence-electron chi connectivity index (χ2n) is 8.26. The van der Waals surface area contributed by atoms with Crippen LogP contribution >= 0.6 is 0 Å². The summed E-state index contributed by atoms with van der Waals surface area (Å²) in [5, 5.41) is 0. The highest BCUT2D eigenvalue weighted by Gasteiger charge is 2.36. The number of fused-ring (bicyclic) bond motifs is 1. The van der Waals surface area contributed by atoms with Crippen molar-refractivity contribution in [3.05, 3.63) is 84.4 Å². The van der Waals surface area contributed by atoms with E-state index in [9.17, 15) is 18.0 Å². The topological polar surface area (TPSA) is 102 Å². The Bertz CT molecular complexity index is 1340. The lowest BCUT2D eigenvalue weighted by atomic mass is 10.2. The SMILES string of the molecule is CCOc1ccc(S(=O)(=O)N(CC(=O)N2C[C@@H](C(=O)OC)Oc3ccccc32)Cc2ccccc2)cc1. The van der Waals surface area contributed by atoms with Gasteiger partial charge >= 0.3 is 5.97 Å². The number of methoxy groups -OCH3 is 1. The van der Waals surface area contributed by atoms with Crippen LogP contribution < -0.4 is 14.4 Å². The van der Waals surface area contributed by atoms with Crippen LogP contribution in [-0.2, 0) is 30.9 Å². The molecule has 37 heavy (non-hydrogen) atoms. The largest absolute Gasteiger partial charge is 0.494 e. The van der Waals surface area contributed by atoms with Gasteiger partial charge in [0.1, 0.15) is 11.5 Å². The first-order valence-corrected chi connectivity index (χ1v) is 13.2. The number of sulfonamides is 1. The van der Waals surface area contributed by atoms with Gasteiger partial charge in [0, 0.05) is 6.54 Å². The molecular weight excluding hydrogens is 496 g/mol. The minimum Gasteiger partial charge on any atom is -0.494 e. The normalized spacial score (nSPS) is 15.0. The highest BCUT2D eigenvalue weighted by molar-refractivity contribution is 7.89. The van der Waals surface area contributed by atoms with Crippen LogP contribution in [0.25, 0.3) is 0 Å². The summed E-state index contributed by atoms with van der Waals surface area (Å²) in [5.41, 5.74) is 1.17. The number of amides is 1. The third-order valence-electron chi connectivity index (χ3n) is 5.82. The zero-order chi connectivity index (χ0) is 26.4. The second-order valence-corrected chi connectivity index (χ2v) is 10.2. The minimum atomic E-state index is -4.07. The molecule has 3 aromatic rings. The quantitative estimate of drug-likeness (QED) is 0.396. The van der Waals surface area contributed by atoms with Crippen molar-refractivity contribution in [1.29, 1.82) is 0 Å². The van der Waals surface area contributed by atoms with E-state index >= 15 is 0 Å². The summed E-state index contributed by atoms with van der Waals surface area (Å²) in [4.78, 5) is 27.3. The summed E-state index contributed by atoms with van der Waals surface area (Å²) in [5.74, 6) is -0.252. The predicted octanol–water partition coefficient (Wildman–Crippen LogP) is 3.24. The molecule has 0 aromatic heterocycles. The van der Waals surface area contributed by atoms with E-state index in [4.69, 9.17) is 14.2 Å². The summed E-state index contributed by atoms with van der Waals surface area (Å²) in [6.45, 7) is 1.72. The summed E-state index contributed by atoms with van der Waals surface area (Å²) in [6, 6.07) is 21.9. The molecule has 0 bridgehead atoms. The van der Waals surface area contributed by atoms with Gasteiger partial charge in [-0.05, 0) is 48.9 Å². The van der Waals surface area contributed by atoms with E-state index in [1.165, 1.54) is 24.1 Å². The van der Waals surface area contributed by atoms with Crippen LogP contribution in [0.3, 0.4) is 0 Å². The highest BCUT2D eigenvalue weighted by Crippen LogP contribution is 2.34. The number of ether oxygens (including phenoxy) is 3. The number of hydrogen-bond acceptors (Lipinski definition) is 7. The van der Waals surface area contributed by atoms with Gasteiger partial charge in [0.15, 0.2) is 0 Å². The first-order valence-electron chi connectivity index (χ1n) is 11.7. The monoisotopic (exact) mass is 524 g/mol. The molecule has 0 fully saturated rings. The van der Waals surface area contributed by atoms with Crippen LogP contribution in [0, 0.1) is 0 Å². The third-order valence-corrected chi connectivity index (χ3v) is 7.63. The Kier molecular flexibility index (Phi) is 8.10. The number of carbonyl (C=O) groups is 2. The summed E-state index contributed by atoms with van der Waals surface area (Å²) < 4.78 is 44.5. The fourth-order valence-electron chi connectivity index (χ4n) is 4.00. The molecule has 0 saturated heterocycles. The van der Waals surface area contributed by atoms with Crippen molar-refractivity contribution in [2.45, 2.75) is 24.5 Å². The third kappa shape index (κ3) is 5.92. The summed E-state index contributed by atoms with van der Waals surface area (Å²) in [7, 11) is -2.83. The van der Waals surface area contributed by atoms with Gasteiger partial charge in [0.05, 0.1) is 37.4 Å². The average Bonchev–Trinajstić information content (AvgIpc) is 2.92. The Morgan fingerprint density at radius 1 is 1.00 bits per heavy atom. The molecule has 0 N–H and O–H groups in total. The van der Waals surface area contributed by atoms with Crippen molar-refractivity contribution in [2.24, 2.45) is 0 Å². The Hall–Kier alpha value is -3.89. The molecule has 194 valence electrons. The Morgan fingerprint density at radius 2 is 1.68 bits per heavy atom. The maximum absolute atomic E-state index is 13.7. The first kappa shape index (κ1) is 26.2. The van der Waals surface area contributed by atoms with E-state index < -0.39 is 34.5 Å². The average molecular weight is 525 g/mol. The first-order chi connectivity index (χ1) is 17.8. The fraction of sp³-hybridized carbons (Fsp3) is 0.259. The van der Waals surface area contributed by atoms with Crippen molar-refractivity contribution in [2.75, 3.05) is 31.7 Å². The number of rotatable bonds is 9. The molecule has 0 spiro atoms. The van der Waals surface area contributed by atoms with Gasteiger partial charge in [-0.2, -0.15) is 4.31 Å². The van der Waals surface area contributed by atoms with E-state index in [1.807, 2.05) is 13.0 Å². The minimum absolute atomic E-state index is 0.0193. The number of hydrogen-bond donors (Lipinski definition) is 0. The van der Waals surface area contributed by atoms with E-state index in [-0.39, 0.29) is 18.0 Å². The lowest BCUT2D eigenvalue weighted by molar-refractivity contribution is -0.148. The predicted molar refractivity (Wildman–Crippen MR) is 137 cm³/mol. The molecule has 1 aliphatic rings. The van der Waals surface area contributed by atoms with Gasteiger partial charge in [-0.25, -0.2) is 13.2 Å². The van der Waals surface area contributed by atoms with Gasteiger partial charge < -0.3 is 19.1 Å². The Balaban J connectivity index is 1.66. The van der Waals surface area contributed by atoms with Crippen molar-refractivity contribution < 1.29 is 32.2 Å². The van der Waals surface area contributed by atoms with Gasteiger partial charge in [-0.15, -0.1) is 0 Å². The molecule has 0 radical (unpaired) electrons. The van der Waals surface area contributed by atoms with Gasteiger partial charge in [0.25, 0.3) is 0 Å². The standard InChI is InChI=1S/C27H28N2O7S/c1-3-35-21-13-15-22(16-14-21)37(32,33)28(17-20-9-5-4-6-10-20)19-26(30)29-18-25(27(31)34-2)36-24-12-8-7-11-23(24)29/h4-16,25H,3,17-19H2,1-2H3/t25-/m0/s1. The van der Waals surface area contributed by atoms with E-state index in [0.29, 0.717) is 23.8 Å². The molecular formula is C27H28N2O7S. The Labute approximate surface area is 216 Å². The number of esters is 1. The van der Waals surface area contributed by atoms with Crippen LogP contribution in [0.4, 0.5) is 5.69 Å². The van der Waals surface area contributed by atoms with E-state index in [2.05, 4.69) is 0 Å². The molecule has 3 aromatic carbocycles. The van der Waals surface area contributed by atoms with Crippen LogP contribution in [-0.4, -0.2) is 57.5 Å². The Morgan fingerprint density at radius 3 is 2.35 bits per heavy atom. The van der Waals surface area contributed by atoms with Crippen molar-refractivity contribution in [1.82, 2.24) is 4.31 Å². The molecule has 4 rings (SSSR count). The second kappa shape index (κ2) is 11.4. The molecule has 10 heteroatoms. The molecule has 0 aliphatic carbocycles. The smallest absolute Gasteiger partial charge is 0.348 e. The van der Waals surface area contributed by atoms with Crippen LogP contribution in [0.2, 0.25) is 0 Å². The van der Waals surface area contributed by atoms with E-state index in [0.717, 1.165) is 9.87 Å². The highest BCUT2D eigenvalue weighted by atomic mass is 32.2. The molecule has 0 saturated carbocycles. The fourth-order valence-corrected chi connectivity index (χ4v) is 5.38. The zero-order valence-electron chi connectivity index (χ0n) is 20.6. The molecule has 1 heterocycles. The zero-order valence-corrected chi connectivity index (χ0v) is 21.4. The van der Waals surface area contributed by atoms with Crippen molar-refractivity contribution in [3.8, 4) is 11.5 Å². The number of nitrogens with zero attached hydrogens (tertiary/aromatic N) is 2. The number of benzene rings is 3. The van der Waals surface area contributed by atoms with Gasteiger partial charge in [0.2, 0.25) is 22.0 Å². The number of para-hydroxylation sites is 2. The number of carbonyl (C=O) groups excluding carboxylic acids is 2. The van der Waals surface area contributed by atoms with Gasteiger partial charge in [-0.1, -0.05) is 42.5 Å². The molecule has 1 amide bonds. The van der Waals surface area contributed by atoms with Crippen molar-refractivity contribution >= 4 is 27.6 Å². The van der Waals surface area contributed by atoms with Crippen LogP contribution in [0.15, 0.2) is 83.8 Å². The van der Waals surface area contributed by atoms with Crippen LogP contribution in [0.5, 0.6) is 11.5 Å². The summed E-state index contributed by atoms with van der Waals surface area (Å²) in [6.07, 6.45) is -1.03. The van der Waals surface area contributed by atoms with Crippen molar-refractivity contribution in [3.63, 3.8) is 0 Å². The molecule has 1 atom stereocenters. The van der Waals surface area contributed by atoms with Crippen LogP contribution in [0.1, 0.15) is 12.5 Å². The van der Waals surface area contributed by atoms with Gasteiger partial charge in [-0.3, -0.25) is 4.79 Å². The molecule has 1 aliphatic heterocycles. The lowest BCUT2D eigenvalue weighted by Gasteiger charge is -2.34. The maximum atomic E-state index is 13.7. The molecule has 9 nitrogen and oxygen atoms in total. The lowest BCUT2D eigenvalue weighted by Crippen LogP contribution is -2.50. The molecule has 0 unspecified atom stereocenters. The van der Waals surface area contributed by atoms with E-state index in [1.54, 1.807) is 60.7 Å².